The Balaban J connectivity index is 1.75. The first-order valence-electron chi connectivity index (χ1n) is 8.95. The largest absolute Gasteiger partial charge is 0.338 e. The maximum atomic E-state index is 12.3. The molecule has 0 radical (unpaired) electrons. The molecule has 2 fully saturated rings. The van der Waals surface area contributed by atoms with Gasteiger partial charge in [-0.15, -0.1) is 0 Å². The van der Waals surface area contributed by atoms with E-state index in [1.54, 1.807) is 0 Å². The van der Waals surface area contributed by atoms with Crippen molar-refractivity contribution in [2.75, 3.05) is 33.2 Å². The molecule has 23 heavy (non-hydrogen) atoms. The molecule has 0 aromatic heterocycles. The third-order valence-electron chi connectivity index (χ3n) is 5.48. The smallest absolute Gasteiger partial charge is 0.236 e. The predicted octanol–water partition coefficient (Wildman–Crippen LogP) is 2.25. The van der Waals surface area contributed by atoms with Crippen molar-refractivity contribution in [1.29, 1.82) is 0 Å². The second-order valence-corrected chi connectivity index (χ2v) is 7.04. The Morgan fingerprint density at radius 1 is 1.13 bits per heavy atom. The van der Waals surface area contributed by atoms with Crippen molar-refractivity contribution in [3.05, 3.63) is 35.9 Å². The Morgan fingerprint density at radius 3 is 2.57 bits per heavy atom. The highest BCUT2D eigenvalue weighted by Gasteiger charge is 2.43. The molecule has 2 aliphatic rings. The van der Waals surface area contributed by atoms with Crippen LogP contribution in [-0.2, 0) is 11.3 Å². The number of benzene rings is 1. The number of carbonyl (C=O) groups excluding carboxylic acids is 1. The molecular formula is C19H29N3O. The zero-order valence-corrected chi connectivity index (χ0v) is 14.3. The first-order valence-corrected chi connectivity index (χ1v) is 8.95. The number of nitrogens with one attached hydrogen (secondary N) is 1. The highest BCUT2D eigenvalue weighted by molar-refractivity contribution is 5.78. The molecule has 1 saturated carbocycles. The van der Waals surface area contributed by atoms with Gasteiger partial charge in [0, 0.05) is 31.7 Å². The standard InChI is InChI=1S/C19H29N3O/c1-20-14-18(23)21-12-13-22(15-17-8-4-2-5-9-17)19(16-21)10-6-3-7-11-19/h2,4-5,8-9,20H,3,6-7,10-16H2,1H3. The third-order valence-corrected chi connectivity index (χ3v) is 5.48. The second-order valence-electron chi connectivity index (χ2n) is 7.04. The van der Waals surface area contributed by atoms with Crippen LogP contribution in [0.5, 0.6) is 0 Å². The average Bonchev–Trinajstić information content (AvgIpc) is 2.59. The molecule has 1 aliphatic heterocycles. The van der Waals surface area contributed by atoms with E-state index >= 15 is 0 Å². The van der Waals surface area contributed by atoms with Crippen molar-refractivity contribution in [2.24, 2.45) is 0 Å². The number of nitrogens with zero attached hydrogens (tertiary/aromatic N) is 2. The lowest BCUT2D eigenvalue weighted by Crippen LogP contribution is -2.64. The third kappa shape index (κ3) is 3.75. The van der Waals surface area contributed by atoms with Gasteiger partial charge in [0.05, 0.1) is 6.54 Å². The minimum absolute atomic E-state index is 0.190. The molecule has 1 amide bonds. The summed E-state index contributed by atoms with van der Waals surface area (Å²) in [6, 6.07) is 10.8. The van der Waals surface area contributed by atoms with E-state index in [2.05, 4.69) is 45.4 Å². The van der Waals surface area contributed by atoms with Gasteiger partial charge in [0.2, 0.25) is 5.91 Å². The zero-order valence-electron chi connectivity index (χ0n) is 14.3. The van der Waals surface area contributed by atoms with E-state index in [1.165, 1.54) is 37.7 Å². The topological polar surface area (TPSA) is 35.6 Å². The number of amides is 1. The predicted molar refractivity (Wildman–Crippen MR) is 93.2 cm³/mol. The van der Waals surface area contributed by atoms with Crippen LogP contribution < -0.4 is 5.32 Å². The van der Waals surface area contributed by atoms with Gasteiger partial charge in [-0.3, -0.25) is 9.69 Å². The highest BCUT2D eigenvalue weighted by atomic mass is 16.2. The molecule has 0 unspecified atom stereocenters. The Labute approximate surface area is 139 Å². The van der Waals surface area contributed by atoms with Gasteiger partial charge in [-0.1, -0.05) is 49.6 Å². The quantitative estimate of drug-likeness (QED) is 0.926. The van der Waals surface area contributed by atoms with Gasteiger partial charge in [0.1, 0.15) is 0 Å². The molecule has 0 bridgehead atoms. The van der Waals surface area contributed by atoms with E-state index in [1.807, 2.05) is 7.05 Å². The lowest BCUT2D eigenvalue weighted by molar-refractivity contribution is -0.137. The van der Waals surface area contributed by atoms with Crippen molar-refractivity contribution in [3.63, 3.8) is 0 Å². The minimum atomic E-state index is 0.190. The number of piperazine rings is 1. The summed E-state index contributed by atoms with van der Waals surface area (Å²) in [6.45, 7) is 4.21. The summed E-state index contributed by atoms with van der Waals surface area (Å²) in [6.07, 6.45) is 6.37. The van der Waals surface area contributed by atoms with Crippen LogP contribution in [0.2, 0.25) is 0 Å². The maximum absolute atomic E-state index is 12.3. The highest BCUT2D eigenvalue weighted by Crippen LogP contribution is 2.37. The molecule has 1 heterocycles. The molecule has 4 nitrogen and oxygen atoms in total. The molecule has 1 aromatic carbocycles. The van der Waals surface area contributed by atoms with Gasteiger partial charge in [-0.05, 0) is 25.5 Å². The minimum Gasteiger partial charge on any atom is -0.338 e. The van der Waals surface area contributed by atoms with Gasteiger partial charge in [0.25, 0.3) is 0 Å². The first-order chi connectivity index (χ1) is 11.2. The fourth-order valence-electron chi connectivity index (χ4n) is 4.22. The summed E-state index contributed by atoms with van der Waals surface area (Å²) < 4.78 is 0. The normalized spacial score (nSPS) is 21.5. The number of hydrogen-bond acceptors (Lipinski definition) is 3. The van der Waals surface area contributed by atoms with E-state index in [0.29, 0.717) is 6.54 Å². The van der Waals surface area contributed by atoms with Crippen LogP contribution in [0.3, 0.4) is 0 Å². The molecule has 1 N–H and O–H groups in total. The summed E-state index contributed by atoms with van der Waals surface area (Å²) >= 11 is 0. The fourth-order valence-corrected chi connectivity index (χ4v) is 4.22. The van der Waals surface area contributed by atoms with E-state index in [4.69, 9.17) is 0 Å². The van der Waals surface area contributed by atoms with Crippen molar-refractivity contribution in [1.82, 2.24) is 15.1 Å². The number of rotatable bonds is 4. The number of hydrogen-bond donors (Lipinski definition) is 1. The van der Waals surface area contributed by atoms with Crippen LogP contribution in [0, 0.1) is 0 Å². The molecule has 1 saturated heterocycles. The van der Waals surface area contributed by atoms with E-state index < -0.39 is 0 Å². The van der Waals surface area contributed by atoms with Gasteiger partial charge in [-0.2, -0.15) is 0 Å². The summed E-state index contributed by atoms with van der Waals surface area (Å²) in [7, 11) is 1.85. The van der Waals surface area contributed by atoms with Crippen molar-refractivity contribution in [2.45, 2.75) is 44.2 Å². The molecular weight excluding hydrogens is 286 g/mol. The molecule has 1 aromatic rings. The van der Waals surface area contributed by atoms with E-state index in [9.17, 15) is 4.79 Å². The second kappa shape index (κ2) is 7.45. The lowest BCUT2D eigenvalue weighted by atomic mass is 9.78. The Hall–Kier alpha value is -1.39. The molecule has 3 rings (SSSR count). The average molecular weight is 315 g/mol. The summed E-state index contributed by atoms with van der Waals surface area (Å²) in [5.74, 6) is 0.247. The number of carbonyl (C=O) groups is 1. The van der Waals surface area contributed by atoms with Crippen LogP contribution >= 0.6 is 0 Å². The molecule has 1 spiro atoms. The van der Waals surface area contributed by atoms with E-state index in [0.717, 1.165) is 26.2 Å². The van der Waals surface area contributed by atoms with E-state index in [-0.39, 0.29) is 11.4 Å². The van der Waals surface area contributed by atoms with Crippen LogP contribution in [0.15, 0.2) is 30.3 Å². The molecule has 126 valence electrons. The van der Waals surface area contributed by atoms with Crippen molar-refractivity contribution in [3.8, 4) is 0 Å². The summed E-state index contributed by atoms with van der Waals surface area (Å²) in [5.41, 5.74) is 1.57. The zero-order chi connectivity index (χ0) is 16.1. The van der Waals surface area contributed by atoms with Crippen LogP contribution in [-0.4, -0.2) is 54.5 Å². The van der Waals surface area contributed by atoms with Crippen LogP contribution in [0.4, 0.5) is 0 Å². The first kappa shape index (κ1) is 16.5. The number of likely N-dealkylation sites (N-methyl/N-ethyl adjacent to an activating group) is 1. The SMILES string of the molecule is CNCC(=O)N1CCN(Cc2ccccc2)C2(CCCCC2)C1. The Bertz CT molecular complexity index is 511. The van der Waals surface area contributed by atoms with Crippen molar-refractivity contribution >= 4 is 5.91 Å². The van der Waals surface area contributed by atoms with Gasteiger partial charge < -0.3 is 10.2 Å². The van der Waals surface area contributed by atoms with Gasteiger partial charge in [-0.25, -0.2) is 0 Å². The van der Waals surface area contributed by atoms with Crippen LogP contribution in [0.1, 0.15) is 37.7 Å². The van der Waals surface area contributed by atoms with Gasteiger partial charge >= 0.3 is 0 Å². The van der Waals surface area contributed by atoms with Crippen molar-refractivity contribution < 1.29 is 4.79 Å². The molecule has 4 heteroatoms. The molecule has 1 aliphatic carbocycles. The monoisotopic (exact) mass is 315 g/mol. The maximum Gasteiger partial charge on any atom is 0.236 e. The lowest BCUT2D eigenvalue weighted by Gasteiger charge is -2.53. The van der Waals surface area contributed by atoms with Gasteiger partial charge in [0.15, 0.2) is 0 Å². The fraction of sp³-hybridized carbons (Fsp3) is 0.632. The summed E-state index contributed by atoms with van der Waals surface area (Å²) in [5, 5.41) is 3.00. The summed E-state index contributed by atoms with van der Waals surface area (Å²) in [4.78, 5) is 17.1. The Morgan fingerprint density at radius 2 is 1.87 bits per heavy atom. The Kier molecular flexibility index (Phi) is 5.34. The molecule has 0 atom stereocenters. The van der Waals surface area contributed by atoms with Crippen LogP contribution in [0.25, 0.3) is 0 Å².